The van der Waals surface area contributed by atoms with Crippen LogP contribution in [0.15, 0.2) is 82.8 Å². The molecule has 0 heterocycles. The average molecular weight is 478 g/mol. The second-order valence-corrected chi connectivity index (χ2v) is 7.30. The number of nitrogens with one attached hydrogen (secondary N) is 1. The summed E-state index contributed by atoms with van der Waals surface area (Å²) < 4.78 is 6.84. The van der Waals surface area contributed by atoms with Gasteiger partial charge < -0.3 is 10.1 Å². The Bertz CT molecular complexity index is 1180. The molecule has 8 heteroatoms. The zero-order valence-electron chi connectivity index (χ0n) is 16.1. The van der Waals surface area contributed by atoms with Crippen LogP contribution >= 0.6 is 15.9 Å². The number of amides is 1. The first kappa shape index (κ1) is 21.7. The van der Waals surface area contributed by atoms with Crippen LogP contribution in [0.3, 0.4) is 0 Å². The van der Waals surface area contributed by atoms with Crippen LogP contribution < -0.4 is 10.1 Å². The molecule has 3 aromatic carbocycles. The van der Waals surface area contributed by atoms with E-state index in [-0.39, 0.29) is 16.9 Å². The normalized spacial score (nSPS) is 10.8. The lowest BCUT2D eigenvalue weighted by Crippen LogP contribution is -2.13. The number of nitro groups is 1. The van der Waals surface area contributed by atoms with Gasteiger partial charge in [0.1, 0.15) is 24.0 Å². The first-order chi connectivity index (χ1) is 15.0. The second kappa shape index (κ2) is 10.2. The number of nitrogens with zero attached hydrogens (tertiary/aromatic N) is 2. The molecular formula is C23H16BrN3O4. The van der Waals surface area contributed by atoms with E-state index < -0.39 is 10.8 Å². The molecule has 0 aliphatic rings. The molecule has 154 valence electrons. The zero-order valence-corrected chi connectivity index (χ0v) is 17.7. The Morgan fingerprint density at radius 1 is 1.13 bits per heavy atom. The summed E-state index contributed by atoms with van der Waals surface area (Å²) in [7, 11) is 0. The van der Waals surface area contributed by atoms with E-state index in [0.717, 1.165) is 10.0 Å². The Labute approximate surface area is 186 Å². The fraction of sp³-hybridized carbons (Fsp3) is 0.0435. The maximum absolute atomic E-state index is 12.5. The van der Waals surface area contributed by atoms with Crippen molar-refractivity contribution in [3.05, 3.63) is 104 Å². The summed E-state index contributed by atoms with van der Waals surface area (Å²) in [6.07, 6.45) is 1.42. The number of anilines is 1. The van der Waals surface area contributed by atoms with Gasteiger partial charge in [0, 0.05) is 27.9 Å². The van der Waals surface area contributed by atoms with E-state index in [2.05, 4.69) is 21.2 Å². The third-order valence-electron chi connectivity index (χ3n) is 4.21. The third-order valence-corrected chi connectivity index (χ3v) is 4.74. The summed E-state index contributed by atoms with van der Waals surface area (Å²) in [5.74, 6) is -0.160. The molecule has 0 fully saturated rings. The van der Waals surface area contributed by atoms with Gasteiger partial charge in [0.05, 0.1) is 4.92 Å². The van der Waals surface area contributed by atoms with Gasteiger partial charge in [0.15, 0.2) is 0 Å². The molecule has 0 saturated carbocycles. The Morgan fingerprint density at radius 2 is 1.87 bits per heavy atom. The van der Waals surface area contributed by atoms with E-state index in [0.29, 0.717) is 17.9 Å². The van der Waals surface area contributed by atoms with Crippen LogP contribution in [-0.2, 0) is 11.4 Å². The fourth-order valence-electron chi connectivity index (χ4n) is 2.67. The van der Waals surface area contributed by atoms with Crippen molar-refractivity contribution in [3.63, 3.8) is 0 Å². The minimum Gasteiger partial charge on any atom is -0.488 e. The van der Waals surface area contributed by atoms with Gasteiger partial charge in [0.2, 0.25) is 0 Å². The number of carbonyl (C=O) groups excluding carboxylic acids is 1. The molecule has 0 saturated heterocycles. The number of halogens is 1. The minimum atomic E-state index is -0.675. The predicted octanol–water partition coefficient (Wildman–Crippen LogP) is 5.48. The van der Waals surface area contributed by atoms with Crippen LogP contribution in [0.25, 0.3) is 6.08 Å². The first-order valence-corrected chi connectivity index (χ1v) is 9.89. The number of non-ortho nitro benzene ring substituents is 1. The molecule has 0 aliphatic heterocycles. The highest BCUT2D eigenvalue weighted by atomic mass is 79.9. The second-order valence-electron chi connectivity index (χ2n) is 6.38. The largest absolute Gasteiger partial charge is 0.488 e. The van der Waals surface area contributed by atoms with Crippen molar-refractivity contribution in [1.29, 1.82) is 5.26 Å². The molecule has 0 radical (unpaired) electrons. The number of para-hydroxylation sites is 1. The molecule has 0 aromatic heterocycles. The number of carbonyl (C=O) groups is 1. The summed E-state index contributed by atoms with van der Waals surface area (Å²) in [4.78, 5) is 22.9. The van der Waals surface area contributed by atoms with Gasteiger partial charge in [-0.3, -0.25) is 14.9 Å². The van der Waals surface area contributed by atoms with E-state index >= 15 is 0 Å². The molecule has 0 unspecified atom stereocenters. The summed E-state index contributed by atoms with van der Waals surface area (Å²) in [6.45, 7) is 0.319. The molecule has 7 nitrogen and oxygen atoms in total. The number of nitriles is 1. The lowest BCUT2D eigenvalue weighted by molar-refractivity contribution is -0.384. The highest BCUT2D eigenvalue weighted by molar-refractivity contribution is 9.10. The highest BCUT2D eigenvalue weighted by Crippen LogP contribution is 2.23. The molecule has 0 aliphatic carbocycles. The molecular weight excluding hydrogens is 462 g/mol. The van der Waals surface area contributed by atoms with E-state index in [4.69, 9.17) is 4.74 Å². The van der Waals surface area contributed by atoms with Crippen molar-refractivity contribution in [1.82, 2.24) is 0 Å². The van der Waals surface area contributed by atoms with Gasteiger partial charge in [0.25, 0.3) is 11.6 Å². The lowest BCUT2D eigenvalue weighted by atomic mass is 10.1. The number of nitro benzene ring substituents is 1. The summed E-state index contributed by atoms with van der Waals surface area (Å²) in [6, 6.07) is 22.1. The van der Waals surface area contributed by atoms with Crippen molar-refractivity contribution in [3.8, 4) is 11.8 Å². The Hall–Kier alpha value is -3.96. The topological polar surface area (TPSA) is 105 Å². The number of benzene rings is 3. The van der Waals surface area contributed by atoms with Crippen LogP contribution in [0.2, 0.25) is 0 Å². The number of rotatable bonds is 7. The summed E-state index contributed by atoms with van der Waals surface area (Å²) >= 11 is 3.39. The molecule has 1 amide bonds. The van der Waals surface area contributed by atoms with Crippen LogP contribution in [0.4, 0.5) is 11.4 Å². The van der Waals surface area contributed by atoms with E-state index in [1.807, 2.05) is 30.3 Å². The Balaban J connectivity index is 1.78. The number of hydrogen-bond acceptors (Lipinski definition) is 5. The number of ether oxygens (including phenoxy) is 1. The van der Waals surface area contributed by atoms with Crippen LogP contribution in [-0.4, -0.2) is 10.8 Å². The maximum Gasteiger partial charge on any atom is 0.271 e. The van der Waals surface area contributed by atoms with E-state index in [9.17, 15) is 20.2 Å². The zero-order chi connectivity index (χ0) is 22.2. The van der Waals surface area contributed by atoms with Gasteiger partial charge >= 0.3 is 0 Å². The smallest absolute Gasteiger partial charge is 0.271 e. The highest BCUT2D eigenvalue weighted by Gasteiger charge is 2.13. The average Bonchev–Trinajstić information content (AvgIpc) is 2.77. The van der Waals surface area contributed by atoms with Crippen molar-refractivity contribution >= 4 is 39.3 Å². The molecule has 0 bridgehead atoms. The third kappa shape index (κ3) is 6.01. The first-order valence-electron chi connectivity index (χ1n) is 9.10. The van der Waals surface area contributed by atoms with Crippen LogP contribution in [0.1, 0.15) is 11.1 Å². The summed E-state index contributed by atoms with van der Waals surface area (Å²) in [5, 5.41) is 22.9. The van der Waals surface area contributed by atoms with Crippen LogP contribution in [0, 0.1) is 21.4 Å². The van der Waals surface area contributed by atoms with Gasteiger partial charge in [-0.05, 0) is 35.9 Å². The Morgan fingerprint density at radius 3 is 2.58 bits per heavy atom. The molecule has 0 atom stereocenters. The molecule has 3 aromatic rings. The van der Waals surface area contributed by atoms with Gasteiger partial charge in [-0.1, -0.05) is 52.3 Å². The maximum atomic E-state index is 12.5. The van der Waals surface area contributed by atoms with Crippen LogP contribution in [0.5, 0.6) is 5.75 Å². The standard InChI is InChI=1S/C23H16BrN3O4/c24-19-10-8-16(9-11-19)15-31-22-7-2-1-4-17(22)12-18(14-25)23(28)26-20-5-3-6-21(13-20)27(29)30/h1-13H,15H2,(H,26,28)/b18-12+. The van der Waals surface area contributed by atoms with E-state index in [1.54, 1.807) is 24.3 Å². The quantitative estimate of drug-likeness (QED) is 0.210. The van der Waals surface area contributed by atoms with Gasteiger partial charge in [-0.15, -0.1) is 0 Å². The minimum absolute atomic E-state index is 0.160. The van der Waals surface area contributed by atoms with Gasteiger partial charge in [-0.25, -0.2) is 0 Å². The Kier molecular flexibility index (Phi) is 7.14. The fourth-order valence-corrected chi connectivity index (χ4v) is 2.94. The van der Waals surface area contributed by atoms with Gasteiger partial charge in [-0.2, -0.15) is 5.26 Å². The van der Waals surface area contributed by atoms with Crippen molar-refractivity contribution in [2.75, 3.05) is 5.32 Å². The van der Waals surface area contributed by atoms with E-state index in [1.165, 1.54) is 30.3 Å². The van der Waals surface area contributed by atoms with Crippen molar-refractivity contribution in [2.24, 2.45) is 0 Å². The summed E-state index contributed by atoms with van der Waals surface area (Å²) in [5.41, 5.74) is 1.43. The molecule has 0 spiro atoms. The monoisotopic (exact) mass is 477 g/mol. The van der Waals surface area contributed by atoms with Crippen molar-refractivity contribution in [2.45, 2.75) is 6.61 Å². The molecule has 3 rings (SSSR count). The molecule has 31 heavy (non-hydrogen) atoms. The predicted molar refractivity (Wildman–Crippen MR) is 120 cm³/mol. The lowest BCUT2D eigenvalue weighted by Gasteiger charge is -2.10. The number of hydrogen-bond donors (Lipinski definition) is 1. The van der Waals surface area contributed by atoms with Crippen molar-refractivity contribution < 1.29 is 14.5 Å². The SMILES string of the molecule is N#C/C(=C\c1ccccc1OCc1ccc(Br)cc1)C(=O)Nc1cccc([N+](=O)[O-])c1. The molecule has 1 N–H and O–H groups in total.